The Bertz CT molecular complexity index is 811. The zero-order valence-electron chi connectivity index (χ0n) is 13.7. The van der Waals surface area contributed by atoms with E-state index < -0.39 is 10.9 Å². The number of nitro groups is 1. The van der Waals surface area contributed by atoms with Crippen LogP contribution in [0.5, 0.6) is 5.75 Å². The molecule has 0 bridgehead atoms. The smallest absolute Gasteiger partial charge is 0.344 e. The molecule has 0 atom stereocenters. The number of carbonyl (C=O) groups excluding carboxylic acids is 1. The third-order valence-corrected chi connectivity index (χ3v) is 3.58. The van der Waals surface area contributed by atoms with Crippen LogP contribution in [0.25, 0.3) is 0 Å². The molecule has 2 rings (SSSR count). The Kier molecular flexibility index (Phi) is 7.03. The summed E-state index contributed by atoms with van der Waals surface area (Å²) in [6.07, 6.45) is 2.69. The lowest BCUT2D eigenvalue weighted by Crippen LogP contribution is -2.14. The fourth-order valence-corrected chi connectivity index (χ4v) is 2.30. The van der Waals surface area contributed by atoms with Crippen molar-refractivity contribution in [2.75, 3.05) is 18.6 Å². The van der Waals surface area contributed by atoms with Crippen LogP contribution >= 0.6 is 15.9 Å². The summed E-state index contributed by atoms with van der Waals surface area (Å²) in [5.74, 6) is 0.436. The number of aromatic nitrogens is 1. The number of hydrogen-bond donors (Lipinski definition) is 1. The van der Waals surface area contributed by atoms with Crippen LogP contribution in [0.4, 0.5) is 11.5 Å². The largest absolute Gasteiger partial charge is 0.481 e. The molecular formula is C16H15BrN4O5. The highest BCUT2D eigenvalue weighted by molar-refractivity contribution is 9.10. The number of nitrogens with one attached hydrogen (secondary N) is 1. The summed E-state index contributed by atoms with van der Waals surface area (Å²) in [5, 5.41) is 14.6. The van der Waals surface area contributed by atoms with Crippen LogP contribution in [0.15, 0.2) is 46.1 Å². The van der Waals surface area contributed by atoms with Crippen LogP contribution in [0, 0.1) is 10.1 Å². The van der Waals surface area contributed by atoms with E-state index in [4.69, 9.17) is 9.47 Å². The monoisotopic (exact) mass is 422 g/mol. The number of nitrogens with zero attached hydrogens (tertiary/aromatic N) is 3. The Morgan fingerprint density at radius 2 is 2.23 bits per heavy atom. The first-order valence-corrected chi connectivity index (χ1v) is 8.26. The topological polar surface area (TPSA) is 116 Å². The molecule has 0 unspecified atom stereocenters. The average Bonchev–Trinajstić information content (AvgIpc) is 2.61. The number of anilines is 1. The van der Waals surface area contributed by atoms with Gasteiger partial charge in [0.25, 0.3) is 5.69 Å². The fraction of sp³-hybridized carbons (Fsp3) is 0.188. The number of hydrogen-bond acceptors (Lipinski definition) is 8. The van der Waals surface area contributed by atoms with E-state index in [0.29, 0.717) is 22.6 Å². The minimum atomic E-state index is -0.525. The molecule has 26 heavy (non-hydrogen) atoms. The molecule has 1 aromatic heterocycles. The van der Waals surface area contributed by atoms with Crippen molar-refractivity contribution in [2.45, 2.75) is 6.92 Å². The summed E-state index contributed by atoms with van der Waals surface area (Å²) in [4.78, 5) is 25.2. The average molecular weight is 423 g/mol. The van der Waals surface area contributed by atoms with Crippen molar-refractivity contribution in [3.05, 3.63) is 56.7 Å². The molecule has 0 saturated heterocycles. The van der Waals surface area contributed by atoms with Crippen molar-refractivity contribution >= 4 is 39.6 Å². The number of rotatable bonds is 8. The summed E-state index contributed by atoms with van der Waals surface area (Å²) >= 11 is 3.36. The molecule has 0 radical (unpaired) electrons. The second-order valence-corrected chi connectivity index (χ2v) is 5.67. The molecular weight excluding hydrogens is 408 g/mol. The van der Waals surface area contributed by atoms with Crippen LogP contribution < -0.4 is 10.2 Å². The fourth-order valence-electron chi connectivity index (χ4n) is 1.79. The van der Waals surface area contributed by atoms with Gasteiger partial charge in [-0.25, -0.2) is 9.78 Å². The predicted octanol–water partition coefficient (Wildman–Crippen LogP) is 3.14. The van der Waals surface area contributed by atoms with Crippen LogP contribution in [-0.2, 0) is 9.53 Å². The number of ether oxygens (including phenoxy) is 2. The first-order valence-electron chi connectivity index (χ1n) is 7.47. The van der Waals surface area contributed by atoms with Gasteiger partial charge in [0.15, 0.2) is 6.61 Å². The maximum atomic E-state index is 11.3. The highest BCUT2D eigenvalue weighted by Gasteiger charge is 2.07. The maximum Gasteiger partial charge on any atom is 0.344 e. The van der Waals surface area contributed by atoms with E-state index in [2.05, 4.69) is 31.4 Å². The number of benzene rings is 1. The summed E-state index contributed by atoms with van der Waals surface area (Å²) < 4.78 is 10.8. The number of esters is 1. The van der Waals surface area contributed by atoms with E-state index in [-0.39, 0.29) is 12.3 Å². The van der Waals surface area contributed by atoms with Crippen LogP contribution in [-0.4, -0.2) is 35.3 Å². The number of hydrazone groups is 1. The number of halogens is 1. The molecule has 0 aliphatic carbocycles. The van der Waals surface area contributed by atoms with Gasteiger partial charge < -0.3 is 9.47 Å². The molecule has 1 N–H and O–H groups in total. The van der Waals surface area contributed by atoms with Gasteiger partial charge in [-0.05, 0) is 52.7 Å². The van der Waals surface area contributed by atoms with Gasteiger partial charge in [-0.3, -0.25) is 15.5 Å². The third-order valence-electron chi connectivity index (χ3n) is 2.96. The SMILES string of the molecule is CCOC(=O)COc1ccc(/C=N\Nc2ccc([N+](=O)[O-])cn2)cc1Br. The van der Waals surface area contributed by atoms with Gasteiger partial charge in [0.05, 0.1) is 22.2 Å². The van der Waals surface area contributed by atoms with Crippen molar-refractivity contribution in [1.82, 2.24) is 4.98 Å². The van der Waals surface area contributed by atoms with Gasteiger partial charge >= 0.3 is 5.97 Å². The van der Waals surface area contributed by atoms with Gasteiger partial charge in [-0.1, -0.05) is 0 Å². The van der Waals surface area contributed by atoms with E-state index in [1.807, 2.05) is 0 Å². The first kappa shape index (κ1) is 19.3. The molecule has 2 aromatic rings. The van der Waals surface area contributed by atoms with Gasteiger partial charge in [0.1, 0.15) is 17.8 Å². The summed E-state index contributed by atoms with van der Waals surface area (Å²) in [5.41, 5.74) is 3.34. The Morgan fingerprint density at radius 3 is 2.85 bits per heavy atom. The Balaban J connectivity index is 1.92. The van der Waals surface area contributed by atoms with Crippen molar-refractivity contribution in [1.29, 1.82) is 0 Å². The summed E-state index contributed by atoms with van der Waals surface area (Å²) in [6, 6.07) is 7.98. The molecule has 9 nitrogen and oxygen atoms in total. The molecule has 1 aromatic carbocycles. The van der Waals surface area contributed by atoms with Crippen molar-refractivity contribution in [3.63, 3.8) is 0 Å². The van der Waals surface area contributed by atoms with Crippen LogP contribution in [0.2, 0.25) is 0 Å². The predicted molar refractivity (Wildman–Crippen MR) is 98.4 cm³/mol. The molecule has 0 aliphatic rings. The van der Waals surface area contributed by atoms with E-state index in [1.165, 1.54) is 12.1 Å². The number of pyridine rings is 1. The minimum absolute atomic E-state index is 0.0955. The van der Waals surface area contributed by atoms with Gasteiger partial charge in [-0.15, -0.1) is 0 Å². The van der Waals surface area contributed by atoms with E-state index in [9.17, 15) is 14.9 Å². The van der Waals surface area contributed by atoms with Gasteiger partial charge in [0, 0.05) is 6.07 Å². The second-order valence-electron chi connectivity index (χ2n) is 4.81. The Labute approximate surface area is 157 Å². The second kappa shape index (κ2) is 9.47. The van der Waals surface area contributed by atoms with Gasteiger partial charge in [0.2, 0.25) is 0 Å². The van der Waals surface area contributed by atoms with Gasteiger partial charge in [-0.2, -0.15) is 5.10 Å². The molecule has 0 saturated carbocycles. The summed E-state index contributed by atoms with van der Waals surface area (Å²) in [7, 11) is 0. The van der Waals surface area contributed by atoms with E-state index >= 15 is 0 Å². The molecule has 1 heterocycles. The van der Waals surface area contributed by atoms with Crippen LogP contribution in [0.1, 0.15) is 12.5 Å². The van der Waals surface area contributed by atoms with Crippen LogP contribution in [0.3, 0.4) is 0 Å². The number of carbonyl (C=O) groups is 1. The molecule has 0 spiro atoms. The van der Waals surface area contributed by atoms with Crippen molar-refractivity contribution in [3.8, 4) is 5.75 Å². The zero-order valence-corrected chi connectivity index (χ0v) is 15.3. The zero-order chi connectivity index (χ0) is 18.9. The maximum absolute atomic E-state index is 11.3. The Morgan fingerprint density at radius 1 is 1.42 bits per heavy atom. The lowest BCUT2D eigenvalue weighted by atomic mass is 10.2. The van der Waals surface area contributed by atoms with Crippen molar-refractivity contribution < 1.29 is 19.2 Å². The first-order chi connectivity index (χ1) is 12.5. The van der Waals surface area contributed by atoms with Crippen molar-refractivity contribution in [2.24, 2.45) is 5.10 Å². The minimum Gasteiger partial charge on any atom is -0.481 e. The van der Waals surface area contributed by atoms with E-state index in [1.54, 1.807) is 31.3 Å². The normalized spacial score (nSPS) is 10.5. The lowest BCUT2D eigenvalue weighted by molar-refractivity contribution is -0.385. The Hall–Kier alpha value is -3.01. The lowest BCUT2D eigenvalue weighted by Gasteiger charge is -2.08. The highest BCUT2D eigenvalue weighted by atomic mass is 79.9. The standard InChI is InChI=1S/C16H15BrN4O5/c1-2-25-16(22)10-26-14-5-3-11(7-13(14)17)8-19-20-15-6-4-12(9-18-15)21(23)24/h3-9H,2,10H2,1H3,(H,18,20)/b19-8-. The quantitative estimate of drug-likeness (QED) is 0.300. The molecule has 10 heteroatoms. The third kappa shape index (κ3) is 5.81. The highest BCUT2D eigenvalue weighted by Crippen LogP contribution is 2.25. The van der Waals surface area contributed by atoms with E-state index in [0.717, 1.165) is 11.8 Å². The summed E-state index contributed by atoms with van der Waals surface area (Å²) in [6.45, 7) is 1.85. The molecule has 0 amide bonds. The molecule has 0 fully saturated rings. The molecule has 136 valence electrons. The molecule has 0 aliphatic heterocycles.